The Morgan fingerprint density at radius 3 is 2.77 bits per heavy atom. The predicted octanol–water partition coefficient (Wildman–Crippen LogP) is 2.92. The van der Waals surface area contributed by atoms with Crippen LogP contribution in [0, 0.1) is 0 Å². The van der Waals surface area contributed by atoms with E-state index >= 15 is 0 Å². The van der Waals surface area contributed by atoms with E-state index in [2.05, 4.69) is 10.3 Å². The molecule has 2 aromatic carbocycles. The van der Waals surface area contributed by atoms with Crippen LogP contribution in [0.5, 0.6) is 5.75 Å². The highest BCUT2D eigenvalue weighted by Gasteiger charge is 2.24. The fourth-order valence-corrected chi connectivity index (χ4v) is 2.89. The molecule has 0 unspecified atom stereocenters. The number of hydrogen-bond donors (Lipinski definition) is 1. The maximum absolute atomic E-state index is 12.1. The Morgan fingerprint density at radius 1 is 1.19 bits per heavy atom. The molecule has 6 heteroatoms. The standard InChI is InChI=1S/C20H16N2O4/c1-12(23)21-16-5-3-14(4-6-16)19-22-17(20(24)26-19)11-13-2-7-18-15(10-13)8-9-25-18/h2-7,10-11H,8-9H2,1H3,(H,21,23). The van der Waals surface area contributed by atoms with Gasteiger partial charge in [0, 0.05) is 24.6 Å². The largest absolute Gasteiger partial charge is 0.493 e. The SMILES string of the molecule is CC(=O)Nc1ccc(C2=NC(=Cc3ccc4c(c3)CCO4)C(=O)O2)cc1. The van der Waals surface area contributed by atoms with Gasteiger partial charge in [0.15, 0.2) is 5.70 Å². The topological polar surface area (TPSA) is 77.0 Å². The number of carbonyl (C=O) groups is 2. The number of esters is 1. The highest BCUT2D eigenvalue weighted by atomic mass is 16.6. The van der Waals surface area contributed by atoms with Crippen molar-refractivity contribution in [3.05, 3.63) is 64.9 Å². The lowest BCUT2D eigenvalue weighted by Crippen LogP contribution is -2.07. The van der Waals surface area contributed by atoms with Crippen LogP contribution < -0.4 is 10.1 Å². The van der Waals surface area contributed by atoms with Crippen LogP contribution in [0.2, 0.25) is 0 Å². The molecule has 0 aromatic heterocycles. The smallest absolute Gasteiger partial charge is 0.363 e. The Balaban J connectivity index is 1.58. The summed E-state index contributed by atoms with van der Waals surface area (Å²) in [5.74, 6) is 0.514. The van der Waals surface area contributed by atoms with Crippen LogP contribution in [0.25, 0.3) is 6.08 Å². The average Bonchev–Trinajstić information content (AvgIpc) is 3.22. The summed E-state index contributed by atoms with van der Waals surface area (Å²) >= 11 is 0. The van der Waals surface area contributed by atoms with Gasteiger partial charge in [0.25, 0.3) is 0 Å². The van der Waals surface area contributed by atoms with Crippen LogP contribution >= 0.6 is 0 Å². The summed E-state index contributed by atoms with van der Waals surface area (Å²) in [5, 5.41) is 2.69. The van der Waals surface area contributed by atoms with E-state index in [1.54, 1.807) is 30.3 Å². The third-order valence-electron chi connectivity index (χ3n) is 4.09. The maximum Gasteiger partial charge on any atom is 0.363 e. The summed E-state index contributed by atoms with van der Waals surface area (Å²) in [6, 6.07) is 12.7. The number of amides is 1. The van der Waals surface area contributed by atoms with Crippen LogP contribution in [0.4, 0.5) is 5.69 Å². The molecule has 2 aromatic rings. The van der Waals surface area contributed by atoms with Crippen molar-refractivity contribution in [3.63, 3.8) is 0 Å². The van der Waals surface area contributed by atoms with Gasteiger partial charge in [-0.25, -0.2) is 9.79 Å². The van der Waals surface area contributed by atoms with Crippen molar-refractivity contribution in [2.75, 3.05) is 11.9 Å². The first kappa shape index (κ1) is 16.1. The van der Waals surface area contributed by atoms with E-state index in [1.165, 1.54) is 6.92 Å². The summed E-state index contributed by atoms with van der Waals surface area (Å²) in [6.07, 6.45) is 2.57. The van der Waals surface area contributed by atoms with E-state index in [4.69, 9.17) is 9.47 Å². The molecule has 0 bridgehead atoms. The van der Waals surface area contributed by atoms with E-state index in [0.717, 1.165) is 23.3 Å². The number of carbonyl (C=O) groups excluding carboxylic acids is 2. The van der Waals surface area contributed by atoms with Gasteiger partial charge in [-0.15, -0.1) is 0 Å². The molecule has 2 heterocycles. The van der Waals surface area contributed by atoms with Gasteiger partial charge in [0.2, 0.25) is 11.8 Å². The molecule has 130 valence electrons. The van der Waals surface area contributed by atoms with Gasteiger partial charge < -0.3 is 14.8 Å². The molecule has 0 atom stereocenters. The summed E-state index contributed by atoms with van der Waals surface area (Å²) in [4.78, 5) is 27.5. The monoisotopic (exact) mass is 348 g/mol. The molecule has 2 aliphatic heterocycles. The Kier molecular flexibility index (Phi) is 4.01. The molecule has 0 saturated carbocycles. The molecule has 4 rings (SSSR count). The predicted molar refractivity (Wildman–Crippen MR) is 97.0 cm³/mol. The van der Waals surface area contributed by atoms with Crippen molar-refractivity contribution in [3.8, 4) is 5.75 Å². The highest BCUT2D eigenvalue weighted by Crippen LogP contribution is 2.27. The van der Waals surface area contributed by atoms with E-state index < -0.39 is 5.97 Å². The first-order valence-electron chi connectivity index (χ1n) is 8.25. The molecule has 6 nitrogen and oxygen atoms in total. The van der Waals surface area contributed by atoms with E-state index in [0.29, 0.717) is 17.9 Å². The number of aliphatic imine (C=N–C) groups is 1. The van der Waals surface area contributed by atoms with Crippen LogP contribution in [0.15, 0.2) is 53.2 Å². The molecule has 0 spiro atoms. The normalized spacial score (nSPS) is 16.7. The van der Waals surface area contributed by atoms with Crippen LogP contribution in [-0.2, 0) is 20.7 Å². The van der Waals surface area contributed by atoms with Crippen molar-refractivity contribution in [2.24, 2.45) is 4.99 Å². The lowest BCUT2D eigenvalue weighted by molar-refractivity contribution is -0.129. The summed E-state index contributed by atoms with van der Waals surface area (Å²) < 4.78 is 10.8. The fourth-order valence-electron chi connectivity index (χ4n) is 2.89. The summed E-state index contributed by atoms with van der Waals surface area (Å²) in [6.45, 7) is 2.13. The Bertz CT molecular complexity index is 958. The maximum atomic E-state index is 12.1. The number of rotatable bonds is 3. The van der Waals surface area contributed by atoms with Gasteiger partial charge in [0.1, 0.15) is 5.75 Å². The molecule has 1 N–H and O–H groups in total. The number of nitrogens with zero attached hydrogens (tertiary/aromatic N) is 1. The fraction of sp³-hybridized carbons (Fsp3) is 0.150. The van der Waals surface area contributed by atoms with E-state index in [9.17, 15) is 9.59 Å². The third-order valence-corrected chi connectivity index (χ3v) is 4.09. The number of nitrogens with one attached hydrogen (secondary N) is 1. The summed E-state index contributed by atoms with van der Waals surface area (Å²) in [7, 11) is 0. The summed E-state index contributed by atoms with van der Waals surface area (Å²) in [5.41, 5.74) is 3.60. The zero-order chi connectivity index (χ0) is 18.1. The number of ether oxygens (including phenoxy) is 2. The molecule has 26 heavy (non-hydrogen) atoms. The van der Waals surface area contributed by atoms with Gasteiger partial charge in [-0.05, 0) is 53.6 Å². The number of cyclic esters (lactones) is 1. The number of hydrogen-bond acceptors (Lipinski definition) is 5. The van der Waals surface area contributed by atoms with Crippen molar-refractivity contribution in [2.45, 2.75) is 13.3 Å². The van der Waals surface area contributed by atoms with Crippen LogP contribution in [0.1, 0.15) is 23.6 Å². The van der Waals surface area contributed by atoms with Crippen LogP contribution in [-0.4, -0.2) is 24.4 Å². The minimum Gasteiger partial charge on any atom is -0.493 e. The van der Waals surface area contributed by atoms with Crippen molar-refractivity contribution < 1.29 is 19.1 Å². The van der Waals surface area contributed by atoms with Gasteiger partial charge in [-0.2, -0.15) is 0 Å². The molecule has 0 radical (unpaired) electrons. The van der Waals surface area contributed by atoms with Gasteiger partial charge in [0.05, 0.1) is 6.61 Å². The lowest BCUT2D eigenvalue weighted by Gasteiger charge is -2.03. The number of anilines is 1. The third kappa shape index (κ3) is 3.21. The second-order valence-electron chi connectivity index (χ2n) is 6.06. The van der Waals surface area contributed by atoms with E-state index in [1.807, 2.05) is 18.2 Å². The quantitative estimate of drug-likeness (QED) is 0.683. The van der Waals surface area contributed by atoms with Crippen molar-refractivity contribution in [1.29, 1.82) is 0 Å². The molecule has 2 aliphatic rings. The first-order chi connectivity index (χ1) is 12.6. The van der Waals surface area contributed by atoms with Crippen LogP contribution in [0.3, 0.4) is 0 Å². The zero-order valence-electron chi connectivity index (χ0n) is 14.1. The van der Waals surface area contributed by atoms with Crippen molar-refractivity contribution >= 4 is 29.5 Å². The first-order valence-corrected chi connectivity index (χ1v) is 8.25. The van der Waals surface area contributed by atoms with Gasteiger partial charge in [-0.1, -0.05) is 6.07 Å². The second-order valence-corrected chi connectivity index (χ2v) is 6.06. The minimum atomic E-state index is -0.484. The molecular formula is C20H16N2O4. The Labute approximate surface area is 150 Å². The molecule has 1 amide bonds. The lowest BCUT2D eigenvalue weighted by atomic mass is 10.1. The molecular weight excluding hydrogens is 332 g/mol. The minimum absolute atomic E-state index is 0.146. The van der Waals surface area contributed by atoms with Crippen molar-refractivity contribution in [1.82, 2.24) is 0 Å². The van der Waals surface area contributed by atoms with Gasteiger partial charge >= 0.3 is 5.97 Å². The second kappa shape index (κ2) is 6.48. The van der Waals surface area contributed by atoms with E-state index in [-0.39, 0.29) is 17.5 Å². The molecule has 0 aliphatic carbocycles. The number of benzene rings is 2. The highest BCUT2D eigenvalue weighted by molar-refractivity contribution is 6.13. The Morgan fingerprint density at radius 2 is 2.00 bits per heavy atom. The zero-order valence-corrected chi connectivity index (χ0v) is 14.1. The molecule has 0 fully saturated rings. The van der Waals surface area contributed by atoms with Gasteiger partial charge in [-0.3, -0.25) is 4.79 Å². The Hall–Kier alpha value is -3.41. The molecule has 0 saturated heterocycles. The number of fused-ring (bicyclic) bond motifs is 1. The average molecular weight is 348 g/mol.